The Hall–Kier alpha value is -5.23. The minimum absolute atomic E-state index is 0.132. The number of carbonyl (C=O) groups is 3. The van der Waals surface area contributed by atoms with Crippen molar-refractivity contribution in [3.05, 3.63) is 170 Å². The molecule has 0 aliphatic heterocycles. The molecular weight excluding hydrogens is 817 g/mol. The Bertz CT molecular complexity index is 1600. The predicted molar refractivity (Wildman–Crippen MR) is 283 cm³/mol. The molecule has 0 aliphatic rings. The van der Waals surface area contributed by atoms with Crippen molar-refractivity contribution in [2.75, 3.05) is 13.2 Å². The zero-order valence-corrected chi connectivity index (χ0v) is 41.4. The Morgan fingerprint density at radius 3 is 0.939 bits per heavy atom. The number of allylic oxidation sites excluding steroid dienone is 28. The molecule has 364 valence electrons. The smallest absolute Gasteiger partial charge is 0.306 e. The fraction of sp³-hybridized carbons (Fsp3) is 0.483. The quantitative estimate of drug-likeness (QED) is 0.0263. The lowest BCUT2D eigenvalue weighted by molar-refractivity contribution is -0.167. The second kappa shape index (κ2) is 52.4. The van der Waals surface area contributed by atoms with E-state index in [1.807, 2.05) is 97.2 Å². The van der Waals surface area contributed by atoms with Gasteiger partial charge in [0.1, 0.15) is 13.2 Å². The molecule has 1 unspecified atom stereocenters. The summed E-state index contributed by atoms with van der Waals surface area (Å²) >= 11 is 0. The van der Waals surface area contributed by atoms with Crippen LogP contribution in [0.2, 0.25) is 0 Å². The predicted octanol–water partition coefficient (Wildman–Crippen LogP) is 16.8. The average molecular weight is 905 g/mol. The number of esters is 3. The van der Waals surface area contributed by atoms with Crippen LogP contribution >= 0.6 is 0 Å². The molecule has 0 aliphatic carbocycles. The van der Waals surface area contributed by atoms with E-state index in [-0.39, 0.29) is 44.0 Å². The van der Waals surface area contributed by atoms with Gasteiger partial charge in [-0.05, 0) is 83.5 Å². The number of rotatable bonds is 42. The van der Waals surface area contributed by atoms with Gasteiger partial charge >= 0.3 is 17.9 Å². The van der Waals surface area contributed by atoms with Crippen LogP contribution in [0.15, 0.2) is 170 Å². The summed E-state index contributed by atoms with van der Waals surface area (Å²) in [7, 11) is 0. The van der Waals surface area contributed by atoms with Gasteiger partial charge in [0.15, 0.2) is 6.10 Å². The minimum Gasteiger partial charge on any atom is -0.462 e. The third-order valence-corrected chi connectivity index (χ3v) is 9.79. The van der Waals surface area contributed by atoms with Gasteiger partial charge in [0.05, 0.1) is 0 Å². The van der Waals surface area contributed by atoms with Crippen LogP contribution in [-0.2, 0) is 28.6 Å². The molecule has 0 N–H and O–H groups in total. The lowest BCUT2D eigenvalue weighted by atomic mass is 10.1. The summed E-state index contributed by atoms with van der Waals surface area (Å²) < 4.78 is 16.7. The molecule has 0 radical (unpaired) electrons. The maximum Gasteiger partial charge on any atom is 0.306 e. The Labute approximate surface area is 402 Å². The number of ether oxygens (including phenoxy) is 3. The summed E-state index contributed by atoms with van der Waals surface area (Å²) in [4.78, 5) is 38.0. The van der Waals surface area contributed by atoms with Crippen molar-refractivity contribution >= 4 is 17.9 Å². The number of hydrogen-bond acceptors (Lipinski definition) is 6. The standard InChI is InChI=1S/C60H88O6/c1-4-7-10-13-16-19-22-25-28-29-30-33-35-38-41-44-47-50-53-59(62)65-56-57(66-60(63)54-51-48-45-42-39-36-32-27-24-21-18-15-12-9-6-3)55-64-58(61)52-49-46-43-40-37-34-31-26-23-20-17-14-11-8-5-2/h8-9,11-12,14-34,36-37,39,57H,4-7,10,13,35,38,40-56H2,1-3H3/b11-8-,12-9-,17-14-,18-15-,19-16-,23-20-,24-21-,25-22-,29-28-,31-26-,32-27-,33-30-,37-34-,39-36-. The van der Waals surface area contributed by atoms with Crippen molar-refractivity contribution in [3.8, 4) is 0 Å². The molecule has 0 spiro atoms. The summed E-state index contributed by atoms with van der Waals surface area (Å²) in [6.45, 7) is 6.18. The zero-order chi connectivity index (χ0) is 47.9. The first-order chi connectivity index (χ1) is 32.5. The van der Waals surface area contributed by atoms with Crippen LogP contribution in [0, 0.1) is 0 Å². The molecule has 0 aromatic carbocycles. The fourth-order valence-electron chi connectivity index (χ4n) is 6.02. The van der Waals surface area contributed by atoms with Crippen LogP contribution in [0.25, 0.3) is 0 Å². The SMILES string of the molecule is CC\C=C/C=C\C=C/C=C\C=C/CCCCCC(=O)OCC(COC(=O)CCCCCCC\C=C/C=C\C=C/C=C\CCCCC)OC(=O)CCCCC\C=C/C=C\C=C/C=C\C=C/CC. The van der Waals surface area contributed by atoms with E-state index >= 15 is 0 Å². The van der Waals surface area contributed by atoms with E-state index in [4.69, 9.17) is 14.2 Å². The molecular formula is C60H88O6. The van der Waals surface area contributed by atoms with Crippen molar-refractivity contribution in [3.63, 3.8) is 0 Å². The lowest BCUT2D eigenvalue weighted by Crippen LogP contribution is -2.30. The van der Waals surface area contributed by atoms with Gasteiger partial charge in [-0.1, -0.05) is 236 Å². The van der Waals surface area contributed by atoms with E-state index < -0.39 is 6.10 Å². The number of hydrogen-bond donors (Lipinski definition) is 0. The highest BCUT2D eigenvalue weighted by Gasteiger charge is 2.19. The van der Waals surface area contributed by atoms with Crippen molar-refractivity contribution in [1.29, 1.82) is 0 Å². The maximum atomic E-state index is 12.8. The van der Waals surface area contributed by atoms with Gasteiger partial charge in [-0.15, -0.1) is 0 Å². The van der Waals surface area contributed by atoms with Gasteiger partial charge in [0.2, 0.25) is 0 Å². The van der Waals surface area contributed by atoms with Crippen LogP contribution in [0.4, 0.5) is 0 Å². The summed E-state index contributed by atoms with van der Waals surface area (Å²) in [5.41, 5.74) is 0. The zero-order valence-electron chi connectivity index (χ0n) is 41.4. The number of unbranched alkanes of at least 4 members (excludes halogenated alkanes) is 14. The average Bonchev–Trinajstić information content (AvgIpc) is 3.31. The van der Waals surface area contributed by atoms with Gasteiger partial charge in [0.25, 0.3) is 0 Å². The molecule has 0 aromatic rings. The monoisotopic (exact) mass is 905 g/mol. The topological polar surface area (TPSA) is 78.9 Å². The molecule has 0 bridgehead atoms. The number of carbonyl (C=O) groups excluding carboxylic acids is 3. The van der Waals surface area contributed by atoms with E-state index in [2.05, 4.69) is 93.7 Å². The fourth-order valence-corrected chi connectivity index (χ4v) is 6.02. The molecule has 6 heteroatoms. The summed E-state index contributed by atoms with van der Waals surface area (Å²) in [5, 5.41) is 0. The van der Waals surface area contributed by atoms with Crippen molar-refractivity contribution in [2.24, 2.45) is 0 Å². The molecule has 66 heavy (non-hydrogen) atoms. The highest BCUT2D eigenvalue weighted by molar-refractivity contribution is 5.71. The van der Waals surface area contributed by atoms with Crippen molar-refractivity contribution in [2.45, 2.75) is 175 Å². The van der Waals surface area contributed by atoms with Gasteiger partial charge in [-0.3, -0.25) is 14.4 Å². The molecule has 0 aromatic heterocycles. The first-order valence-electron chi connectivity index (χ1n) is 25.3. The van der Waals surface area contributed by atoms with Crippen LogP contribution in [0.1, 0.15) is 168 Å². The van der Waals surface area contributed by atoms with Crippen LogP contribution in [0.3, 0.4) is 0 Å². The normalized spacial score (nSPS) is 13.6. The van der Waals surface area contributed by atoms with Crippen molar-refractivity contribution < 1.29 is 28.6 Å². The Morgan fingerprint density at radius 2 is 0.591 bits per heavy atom. The third kappa shape index (κ3) is 49.8. The van der Waals surface area contributed by atoms with Crippen LogP contribution in [0.5, 0.6) is 0 Å². The Morgan fingerprint density at radius 1 is 0.318 bits per heavy atom. The highest BCUT2D eigenvalue weighted by Crippen LogP contribution is 2.11. The van der Waals surface area contributed by atoms with Gasteiger partial charge in [-0.25, -0.2) is 0 Å². The Kier molecular flexibility index (Phi) is 48.2. The van der Waals surface area contributed by atoms with Gasteiger partial charge in [-0.2, -0.15) is 0 Å². The van der Waals surface area contributed by atoms with Crippen LogP contribution in [-0.4, -0.2) is 37.2 Å². The third-order valence-electron chi connectivity index (χ3n) is 9.79. The van der Waals surface area contributed by atoms with E-state index in [1.54, 1.807) is 0 Å². The molecule has 6 nitrogen and oxygen atoms in total. The van der Waals surface area contributed by atoms with E-state index in [0.29, 0.717) is 19.3 Å². The van der Waals surface area contributed by atoms with Gasteiger partial charge < -0.3 is 14.2 Å². The van der Waals surface area contributed by atoms with E-state index in [9.17, 15) is 14.4 Å². The molecule has 0 saturated heterocycles. The molecule has 0 amide bonds. The first-order valence-corrected chi connectivity index (χ1v) is 25.3. The maximum absolute atomic E-state index is 12.8. The van der Waals surface area contributed by atoms with Gasteiger partial charge in [0, 0.05) is 19.3 Å². The summed E-state index contributed by atoms with van der Waals surface area (Å²) in [5.74, 6) is -1.05. The van der Waals surface area contributed by atoms with E-state index in [1.165, 1.54) is 19.3 Å². The first kappa shape index (κ1) is 60.8. The second-order valence-electron chi connectivity index (χ2n) is 15.9. The second-order valence-corrected chi connectivity index (χ2v) is 15.9. The summed E-state index contributed by atoms with van der Waals surface area (Å²) in [6, 6.07) is 0. The molecule has 0 rings (SSSR count). The van der Waals surface area contributed by atoms with Crippen LogP contribution < -0.4 is 0 Å². The molecule has 0 saturated carbocycles. The largest absolute Gasteiger partial charge is 0.462 e. The molecule has 0 fully saturated rings. The summed E-state index contributed by atoms with van der Waals surface area (Å²) in [6.07, 6.45) is 77.5. The van der Waals surface area contributed by atoms with E-state index in [0.717, 1.165) is 96.3 Å². The molecule has 1 atom stereocenters. The minimum atomic E-state index is -0.837. The highest BCUT2D eigenvalue weighted by atomic mass is 16.6. The molecule has 0 heterocycles. The Balaban J connectivity index is 4.64. The van der Waals surface area contributed by atoms with Crippen molar-refractivity contribution in [1.82, 2.24) is 0 Å². The lowest BCUT2D eigenvalue weighted by Gasteiger charge is -2.18.